The summed E-state index contributed by atoms with van der Waals surface area (Å²) in [6.07, 6.45) is 0. The van der Waals surface area contributed by atoms with Crippen LogP contribution < -0.4 is 10.5 Å². The van der Waals surface area contributed by atoms with Crippen LogP contribution in [0.15, 0.2) is 42.5 Å². The Morgan fingerprint density at radius 2 is 1.81 bits per heavy atom. The van der Waals surface area contributed by atoms with E-state index in [2.05, 4.69) is 11.1 Å². The minimum absolute atomic E-state index is 0.157. The van der Waals surface area contributed by atoms with Crippen LogP contribution in [-0.2, 0) is 0 Å². The van der Waals surface area contributed by atoms with E-state index < -0.39 is 0 Å². The molecule has 1 aromatic heterocycles. The topological polar surface area (TPSA) is 71.9 Å². The van der Waals surface area contributed by atoms with Crippen LogP contribution in [-0.4, -0.2) is 12.1 Å². The monoisotopic (exact) mass is 383 g/mol. The zero-order valence-electron chi connectivity index (χ0n) is 14.2. The molecule has 0 unspecified atom stereocenters. The third-order valence-corrected chi connectivity index (χ3v) is 4.69. The molecular formula is C20H15Cl2N3O. The fraction of sp³-hybridized carbons (Fsp3) is 0.100. The molecule has 0 fully saturated rings. The van der Waals surface area contributed by atoms with E-state index in [1.165, 1.54) is 0 Å². The summed E-state index contributed by atoms with van der Waals surface area (Å²) < 4.78 is 5.20. The Bertz CT molecular complexity index is 1020. The smallest absolute Gasteiger partial charge is 0.142 e. The zero-order chi connectivity index (χ0) is 18.8. The summed E-state index contributed by atoms with van der Waals surface area (Å²) in [6, 6.07) is 14.8. The molecule has 2 aromatic carbocycles. The Morgan fingerprint density at radius 1 is 1.12 bits per heavy atom. The molecule has 0 spiro atoms. The van der Waals surface area contributed by atoms with Gasteiger partial charge in [-0.1, -0.05) is 35.3 Å². The van der Waals surface area contributed by atoms with E-state index >= 15 is 0 Å². The van der Waals surface area contributed by atoms with Crippen LogP contribution in [0, 0.1) is 18.3 Å². The van der Waals surface area contributed by atoms with Crippen LogP contribution in [0.3, 0.4) is 0 Å². The van der Waals surface area contributed by atoms with Crippen molar-refractivity contribution in [2.24, 2.45) is 0 Å². The highest BCUT2D eigenvalue weighted by molar-refractivity contribution is 6.36. The Kier molecular flexibility index (Phi) is 5.03. The van der Waals surface area contributed by atoms with E-state index in [4.69, 9.17) is 33.7 Å². The van der Waals surface area contributed by atoms with Gasteiger partial charge in [0.1, 0.15) is 23.2 Å². The van der Waals surface area contributed by atoms with Crippen molar-refractivity contribution in [1.82, 2.24) is 4.98 Å². The standard InChI is InChI=1S/C20H15Cl2N3O/c1-11-18(12-3-6-14(26-2)7-4-12)16(10-23)20(24)25-19(11)15-8-5-13(21)9-17(15)22/h3-9H,1-2H3,(H2,24,25). The largest absolute Gasteiger partial charge is 0.497 e. The number of aromatic nitrogens is 1. The van der Waals surface area contributed by atoms with E-state index in [0.29, 0.717) is 26.9 Å². The summed E-state index contributed by atoms with van der Waals surface area (Å²) >= 11 is 12.3. The van der Waals surface area contributed by atoms with Crippen molar-refractivity contribution in [1.29, 1.82) is 5.26 Å². The van der Waals surface area contributed by atoms with Gasteiger partial charge in [0.2, 0.25) is 0 Å². The molecule has 0 amide bonds. The van der Waals surface area contributed by atoms with Gasteiger partial charge in [-0.25, -0.2) is 4.98 Å². The van der Waals surface area contributed by atoms with Crippen LogP contribution in [0.2, 0.25) is 10.0 Å². The first-order valence-electron chi connectivity index (χ1n) is 7.76. The van der Waals surface area contributed by atoms with Crippen LogP contribution >= 0.6 is 23.2 Å². The number of rotatable bonds is 3. The molecule has 0 atom stereocenters. The quantitative estimate of drug-likeness (QED) is 0.648. The second kappa shape index (κ2) is 7.25. The summed E-state index contributed by atoms with van der Waals surface area (Å²) in [5.41, 5.74) is 10.1. The molecule has 2 N–H and O–H groups in total. The van der Waals surface area contributed by atoms with Crippen molar-refractivity contribution in [3.63, 3.8) is 0 Å². The van der Waals surface area contributed by atoms with Crippen LogP contribution in [0.4, 0.5) is 5.82 Å². The van der Waals surface area contributed by atoms with E-state index in [0.717, 1.165) is 22.4 Å². The SMILES string of the molecule is COc1ccc(-c2c(C)c(-c3ccc(Cl)cc3Cl)nc(N)c2C#N)cc1. The maximum absolute atomic E-state index is 9.60. The normalized spacial score (nSPS) is 10.4. The number of hydrogen-bond donors (Lipinski definition) is 1. The van der Waals surface area contributed by atoms with Crippen LogP contribution in [0.5, 0.6) is 5.75 Å². The van der Waals surface area contributed by atoms with Crippen molar-refractivity contribution in [2.45, 2.75) is 6.92 Å². The van der Waals surface area contributed by atoms with Gasteiger partial charge in [-0.2, -0.15) is 5.26 Å². The molecule has 3 rings (SSSR count). The number of ether oxygens (including phenoxy) is 1. The zero-order valence-corrected chi connectivity index (χ0v) is 15.7. The minimum Gasteiger partial charge on any atom is -0.497 e. The van der Waals surface area contributed by atoms with Crippen LogP contribution in [0.1, 0.15) is 11.1 Å². The molecule has 0 radical (unpaired) electrons. The van der Waals surface area contributed by atoms with Crippen molar-refractivity contribution >= 4 is 29.0 Å². The maximum Gasteiger partial charge on any atom is 0.142 e. The van der Waals surface area contributed by atoms with Crippen LogP contribution in [0.25, 0.3) is 22.4 Å². The number of anilines is 1. The molecule has 6 heteroatoms. The lowest BCUT2D eigenvalue weighted by Gasteiger charge is -2.16. The highest BCUT2D eigenvalue weighted by atomic mass is 35.5. The van der Waals surface area contributed by atoms with Gasteiger partial charge in [0, 0.05) is 16.1 Å². The minimum atomic E-state index is 0.157. The summed E-state index contributed by atoms with van der Waals surface area (Å²) in [5.74, 6) is 0.887. The summed E-state index contributed by atoms with van der Waals surface area (Å²) in [5, 5.41) is 10.6. The third kappa shape index (κ3) is 3.20. The first-order valence-corrected chi connectivity index (χ1v) is 8.52. The number of halogens is 2. The fourth-order valence-corrected chi connectivity index (χ4v) is 3.37. The Hall–Kier alpha value is -2.74. The number of benzene rings is 2. The predicted octanol–water partition coefficient (Wildman–Crippen LogP) is 5.49. The number of nitriles is 1. The summed E-state index contributed by atoms with van der Waals surface area (Å²) in [4.78, 5) is 4.43. The number of nitrogen functional groups attached to an aromatic ring is 1. The summed E-state index contributed by atoms with van der Waals surface area (Å²) in [6.45, 7) is 1.90. The maximum atomic E-state index is 9.60. The van der Waals surface area contributed by atoms with E-state index in [9.17, 15) is 5.26 Å². The highest BCUT2D eigenvalue weighted by Gasteiger charge is 2.19. The van der Waals surface area contributed by atoms with E-state index in [-0.39, 0.29) is 5.82 Å². The lowest BCUT2D eigenvalue weighted by molar-refractivity contribution is 0.415. The average molecular weight is 384 g/mol. The molecule has 0 aliphatic carbocycles. The summed E-state index contributed by atoms with van der Waals surface area (Å²) in [7, 11) is 1.60. The molecule has 4 nitrogen and oxygen atoms in total. The second-order valence-corrected chi connectivity index (χ2v) is 6.53. The average Bonchev–Trinajstić information content (AvgIpc) is 2.63. The molecule has 130 valence electrons. The van der Waals surface area contributed by atoms with Gasteiger partial charge in [-0.15, -0.1) is 0 Å². The van der Waals surface area contributed by atoms with Crippen molar-refractivity contribution < 1.29 is 4.74 Å². The van der Waals surface area contributed by atoms with Gasteiger partial charge in [0.15, 0.2) is 0 Å². The molecule has 0 aliphatic rings. The number of hydrogen-bond acceptors (Lipinski definition) is 4. The molecule has 0 saturated carbocycles. The predicted molar refractivity (Wildman–Crippen MR) is 106 cm³/mol. The Balaban J connectivity index is 2.29. The molecule has 26 heavy (non-hydrogen) atoms. The first-order chi connectivity index (χ1) is 12.5. The first kappa shape index (κ1) is 18.1. The molecule has 3 aromatic rings. The van der Waals surface area contributed by atoms with Crippen molar-refractivity contribution in [3.05, 3.63) is 63.6 Å². The molecule has 1 heterocycles. The van der Waals surface area contributed by atoms with E-state index in [1.54, 1.807) is 25.3 Å². The molecule has 0 saturated heterocycles. The lowest BCUT2D eigenvalue weighted by atomic mass is 9.93. The molecule has 0 bridgehead atoms. The van der Waals surface area contributed by atoms with E-state index in [1.807, 2.05) is 31.2 Å². The Labute approximate surface area is 161 Å². The number of pyridine rings is 1. The second-order valence-electron chi connectivity index (χ2n) is 5.69. The van der Waals surface area contributed by atoms with Gasteiger partial charge >= 0.3 is 0 Å². The van der Waals surface area contributed by atoms with Crippen molar-refractivity contribution in [2.75, 3.05) is 12.8 Å². The molecule has 0 aliphatic heterocycles. The Morgan fingerprint density at radius 3 is 2.38 bits per heavy atom. The number of methoxy groups -OCH3 is 1. The van der Waals surface area contributed by atoms with Gasteiger partial charge in [-0.05, 0) is 48.4 Å². The fourth-order valence-electron chi connectivity index (χ4n) is 2.87. The molecular weight excluding hydrogens is 369 g/mol. The highest BCUT2D eigenvalue weighted by Crippen LogP contribution is 2.39. The van der Waals surface area contributed by atoms with Gasteiger partial charge in [0.05, 0.1) is 17.8 Å². The lowest BCUT2D eigenvalue weighted by Crippen LogP contribution is -2.03. The van der Waals surface area contributed by atoms with Gasteiger partial charge < -0.3 is 10.5 Å². The van der Waals surface area contributed by atoms with Gasteiger partial charge in [-0.3, -0.25) is 0 Å². The number of nitrogens with zero attached hydrogens (tertiary/aromatic N) is 2. The van der Waals surface area contributed by atoms with Crippen molar-refractivity contribution in [3.8, 4) is 34.2 Å². The number of nitrogens with two attached hydrogens (primary N) is 1. The van der Waals surface area contributed by atoms with Gasteiger partial charge in [0.25, 0.3) is 0 Å². The third-order valence-electron chi connectivity index (χ3n) is 4.15.